The van der Waals surface area contributed by atoms with Crippen molar-refractivity contribution in [3.63, 3.8) is 0 Å². The van der Waals surface area contributed by atoms with Gasteiger partial charge in [0.15, 0.2) is 9.84 Å². The van der Waals surface area contributed by atoms with Gasteiger partial charge < -0.3 is 10.6 Å². The van der Waals surface area contributed by atoms with E-state index in [0.29, 0.717) is 17.4 Å². The first-order valence-corrected chi connectivity index (χ1v) is 8.70. The van der Waals surface area contributed by atoms with E-state index in [4.69, 9.17) is 5.73 Å². The Hall–Kier alpha value is -0.130. The molecular weight excluding hydrogens is 248 g/mol. The minimum atomic E-state index is -2.78. The van der Waals surface area contributed by atoms with Crippen LogP contribution in [0, 0.1) is 11.3 Å². The van der Waals surface area contributed by atoms with Gasteiger partial charge in [0.1, 0.15) is 0 Å². The Morgan fingerprint density at radius 3 is 2.44 bits per heavy atom. The molecule has 0 aromatic heterocycles. The molecule has 1 saturated heterocycles. The zero-order valence-electron chi connectivity index (χ0n) is 11.7. The van der Waals surface area contributed by atoms with E-state index >= 15 is 0 Å². The third-order valence-corrected chi connectivity index (χ3v) is 6.67. The van der Waals surface area contributed by atoms with Crippen LogP contribution in [-0.2, 0) is 9.84 Å². The van der Waals surface area contributed by atoms with E-state index in [1.165, 1.54) is 6.42 Å². The Morgan fingerprint density at radius 2 is 2.00 bits per heavy atom. The summed E-state index contributed by atoms with van der Waals surface area (Å²) in [4.78, 5) is 2.22. The molecule has 2 N–H and O–H groups in total. The van der Waals surface area contributed by atoms with E-state index in [2.05, 4.69) is 18.7 Å². The minimum Gasteiger partial charge on any atom is -0.327 e. The fourth-order valence-electron chi connectivity index (χ4n) is 3.39. The number of nitrogens with zero attached hydrogens (tertiary/aromatic N) is 1. The second kappa shape index (κ2) is 4.76. The molecule has 2 rings (SSSR count). The predicted molar refractivity (Wildman–Crippen MR) is 74.2 cm³/mol. The zero-order valence-corrected chi connectivity index (χ0v) is 12.5. The smallest absolute Gasteiger partial charge is 0.151 e. The molecule has 2 fully saturated rings. The first kappa shape index (κ1) is 14.3. The quantitative estimate of drug-likeness (QED) is 0.829. The maximum Gasteiger partial charge on any atom is 0.151 e. The highest BCUT2D eigenvalue weighted by Crippen LogP contribution is 2.40. The molecule has 18 heavy (non-hydrogen) atoms. The van der Waals surface area contributed by atoms with Crippen LogP contribution in [0.1, 0.15) is 33.1 Å². The van der Waals surface area contributed by atoms with Crippen molar-refractivity contribution in [3.8, 4) is 0 Å². The Labute approximate surface area is 111 Å². The summed E-state index contributed by atoms with van der Waals surface area (Å²) in [6.07, 6.45) is 3.12. The summed E-state index contributed by atoms with van der Waals surface area (Å²) in [5.41, 5.74) is 6.54. The lowest BCUT2D eigenvalue weighted by atomic mass is 9.85. The molecule has 1 saturated carbocycles. The lowest BCUT2D eigenvalue weighted by Crippen LogP contribution is -2.44. The van der Waals surface area contributed by atoms with Crippen molar-refractivity contribution < 1.29 is 8.42 Å². The summed E-state index contributed by atoms with van der Waals surface area (Å²) in [5.74, 6) is 1.19. The van der Waals surface area contributed by atoms with E-state index in [9.17, 15) is 8.42 Å². The Morgan fingerprint density at radius 1 is 1.33 bits per heavy atom. The van der Waals surface area contributed by atoms with Crippen LogP contribution in [-0.4, -0.2) is 50.5 Å². The lowest BCUT2D eigenvalue weighted by molar-refractivity contribution is 0.198. The first-order chi connectivity index (χ1) is 8.21. The third-order valence-electron chi connectivity index (χ3n) is 4.92. The number of sulfone groups is 1. The molecule has 2 aliphatic rings. The van der Waals surface area contributed by atoms with Gasteiger partial charge in [0.05, 0.1) is 11.5 Å². The summed E-state index contributed by atoms with van der Waals surface area (Å²) in [5, 5.41) is 0. The van der Waals surface area contributed by atoms with E-state index in [1.807, 2.05) is 7.05 Å². The summed E-state index contributed by atoms with van der Waals surface area (Å²) < 4.78 is 23.0. The van der Waals surface area contributed by atoms with Crippen LogP contribution in [0.25, 0.3) is 0 Å². The van der Waals surface area contributed by atoms with Crippen LogP contribution in [0.5, 0.6) is 0 Å². The van der Waals surface area contributed by atoms with Crippen molar-refractivity contribution >= 4 is 9.84 Å². The van der Waals surface area contributed by atoms with Gasteiger partial charge in [0.2, 0.25) is 0 Å². The van der Waals surface area contributed by atoms with Gasteiger partial charge in [-0.05, 0) is 37.6 Å². The van der Waals surface area contributed by atoms with Crippen molar-refractivity contribution in [2.24, 2.45) is 17.1 Å². The highest BCUT2D eigenvalue weighted by Gasteiger charge is 2.41. The number of rotatable bonds is 3. The average molecular weight is 274 g/mol. The fraction of sp³-hybridized carbons (Fsp3) is 1.00. The molecule has 3 atom stereocenters. The van der Waals surface area contributed by atoms with Crippen molar-refractivity contribution in [2.75, 3.05) is 25.1 Å². The topological polar surface area (TPSA) is 63.4 Å². The minimum absolute atomic E-state index is 0.200. The summed E-state index contributed by atoms with van der Waals surface area (Å²) >= 11 is 0. The van der Waals surface area contributed by atoms with E-state index in [1.54, 1.807) is 0 Å². The van der Waals surface area contributed by atoms with Crippen LogP contribution in [0.4, 0.5) is 0 Å². The maximum atomic E-state index is 11.5. The Balaban J connectivity index is 1.91. The van der Waals surface area contributed by atoms with Gasteiger partial charge >= 0.3 is 0 Å². The molecule has 5 heteroatoms. The highest BCUT2D eigenvalue weighted by atomic mass is 32.2. The SMILES string of the molecule is CN(CC1CCC(C)(C)C1N)C1CCS(=O)(=O)C1. The van der Waals surface area contributed by atoms with Crippen LogP contribution in [0.3, 0.4) is 0 Å². The number of hydrogen-bond acceptors (Lipinski definition) is 4. The molecular formula is C13H26N2O2S. The van der Waals surface area contributed by atoms with Gasteiger partial charge in [-0.2, -0.15) is 0 Å². The van der Waals surface area contributed by atoms with Crippen LogP contribution in [0.15, 0.2) is 0 Å². The molecule has 0 aromatic carbocycles. The normalized spacial score (nSPS) is 38.4. The first-order valence-electron chi connectivity index (χ1n) is 6.87. The second-order valence-corrected chi connectivity index (χ2v) is 9.04. The van der Waals surface area contributed by atoms with Crippen LogP contribution < -0.4 is 5.73 Å². The average Bonchev–Trinajstić information content (AvgIpc) is 2.73. The largest absolute Gasteiger partial charge is 0.327 e. The molecule has 1 aliphatic carbocycles. The monoisotopic (exact) mass is 274 g/mol. The van der Waals surface area contributed by atoms with Crippen molar-refractivity contribution in [3.05, 3.63) is 0 Å². The van der Waals surface area contributed by atoms with Crippen LogP contribution >= 0.6 is 0 Å². The predicted octanol–water partition coefficient (Wildman–Crippen LogP) is 0.869. The zero-order chi connectivity index (χ0) is 13.6. The van der Waals surface area contributed by atoms with Crippen molar-refractivity contribution in [1.29, 1.82) is 0 Å². The molecule has 3 unspecified atom stereocenters. The van der Waals surface area contributed by atoms with Crippen molar-refractivity contribution in [2.45, 2.75) is 45.2 Å². The summed E-state index contributed by atoms with van der Waals surface area (Å²) in [6, 6.07) is 0.434. The van der Waals surface area contributed by atoms with Gasteiger partial charge in [-0.15, -0.1) is 0 Å². The Bertz CT molecular complexity index is 405. The molecule has 0 radical (unpaired) electrons. The summed E-state index contributed by atoms with van der Waals surface area (Å²) in [6.45, 7) is 5.40. The van der Waals surface area contributed by atoms with Gasteiger partial charge in [-0.1, -0.05) is 13.8 Å². The van der Waals surface area contributed by atoms with E-state index in [0.717, 1.165) is 19.4 Å². The lowest BCUT2D eigenvalue weighted by Gasteiger charge is -2.31. The maximum absolute atomic E-state index is 11.5. The standard InChI is InChI=1S/C13H26N2O2S/c1-13(2)6-4-10(12(13)14)8-15(3)11-5-7-18(16,17)9-11/h10-12H,4-9,14H2,1-3H3. The van der Waals surface area contributed by atoms with Gasteiger partial charge in [0, 0.05) is 18.6 Å². The molecule has 106 valence electrons. The second-order valence-electron chi connectivity index (χ2n) is 6.81. The summed E-state index contributed by atoms with van der Waals surface area (Å²) in [7, 11) is -0.738. The third kappa shape index (κ3) is 2.89. The number of hydrogen-bond donors (Lipinski definition) is 1. The van der Waals surface area contributed by atoms with Gasteiger partial charge in [-0.25, -0.2) is 8.42 Å². The highest BCUT2D eigenvalue weighted by molar-refractivity contribution is 7.91. The van der Waals surface area contributed by atoms with Crippen LogP contribution in [0.2, 0.25) is 0 Å². The van der Waals surface area contributed by atoms with Gasteiger partial charge in [-0.3, -0.25) is 0 Å². The fourth-order valence-corrected chi connectivity index (χ4v) is 5.19. The molecule has 0 amide bonds. The molecule has 1 heterocycles. The van der Waals surface area contributed by atoms with E-state index in [-0.39, 0.29) is 17.5 Å². The Kier molecular flexibility index (Phi) is 3.78. The van der Waals surface area contributed by atoms with Gasteiger partial charge in [0.25, 0.3) is 0 Å². The molecule has 0 aromatic rings. The molecule has 1 aliphatic heterocycles. The molecule has 0 spiro atoms. The molecule has 4 nitrogen and oxygen atoms in total. The van der Waals surface area contributed by atoms with Crippen molar-refractivity contribution in [1.82, 2.24) is 4.90 Å². The number of nitrogens with two attached hydrogens (primary N) is 1. The molecule has 0 bridgehead atoms. The van der Waals surface area contributed by atoms with E-state index < -0.39 is 9.84 Å².